The standard InChI is InChI=1S/C15H30O2/c1-9-17-15(7,8)13(16)10-14(5,6)12(4)11(2)3/h11-12H,9-10H2,1-8H3. The summed E-state index contributed by atoms with van der Waals surface area (Å²) in [6.07, 6.45) is 0.583. The van der Waals surface area contributed by atoms with Crippen molar-refractivity contribution in [1.82, 2.24) is 0 Å². The molecule has 0 aliphatic heterocycles. The number of Topliss-reactive ketones (excluding diaryl/α,β-unsaturated/α-hetero) is 1. The zero-order valence-corrected chi connectivity index (χ0v) is 12.9. The van der Waals surface area contributed by atoms with E-state index in [9.17, 15) is 4.79 Å². The third-order valence-electron chi connectivity index (χ3n) is 4.03. The van der Waals surface area contributed by atoms with Crippen molar-refractivity contribution in [3.05, 3.63) is 0 Å². The number of ether oxygens (including phenoxy) is 1. The average molecular weight is 242 g/mol. The molecule has 1 unspecified atom stereocenters. The predicted molar refractivity (Wildman–Crippen MR) is 73.1 cm³/mol. The third-order valence-corrected chi connectivity index (χ3v) is 4.03. The van der Waals surface area contributed by atoms with E-state index in [-0.39, 0.29) is 11.2 Å². The van der Waals surface area contributed by atoms with Crippen molar-refractivity contribution in [2.75, 3.05) is 6.61 Å². The Balaban J connectivity index is 4.67. The zero-order chi connectivity index (χ0) is 13.9. The second kappa shape index (κ2) is 5.99. The number of carbonyl (C=O) groups is 1. The quantitative estimate of drug-likeness (QED) is 0.672. The molecule has 0 saturated heterocycles. The van der Waals surface area contributed by atoms with Crippen LogP contribution in [0.2, 0.25) is 0 Å². The smallest absolute Gasteiger partial charge is 0.164 e. The summed E-state index contributed by atoms with van der Waals surface area (Å²) in [5.41, 5.74) is -0.623. The molecule has 2 heteroatoms. The van der Waals surface area contributed by atoms with Crippen molar-refractivity contribution in [3.63, 3.8) is 0 Å². The van der Waals surface area contributed by atoms with Gasteiger partial charge in [0.05, 0.1) is 0 Å². The largest absolute Gasteiger partial charge is 0.368 e. The first-order chi connectivity index (χ1) is 7.54. The molecule has 0 aromatic carbocycles. The summed E-state index contributed by atoms with van der Waals surface area (Å²) in [5.74, 6) is 1.31. The van der Waals surface area contributed by atoms with Gasteiger partial charge in [0.2, 0.25) is 0 Å². The Morgan fingerprint density at radius 1 is 1.12 bits per heavy atom. The zero-order valence-electron chi connectivity index (χ0n) is 12.9. The van der Waals surface area contributed by atoms with E-state index in [0.29, 0.717) is 24.9 Å². The lowest BCUT2D eigenvalue weighted by atomic mass is 9.70. The molecule has 1 atom stereocenters. The van der Waals surface area contributed by atoms with Crippen molar-refractivity contribution in [1.29, 1.82) is 0 Å². The van der Waals surface area contributed by atoms with Crippen LogP contribution < -0.4 is 0 Å². The Labute approximate surface area is 107 Å². The summed E-state index contributed by atoms with van der Waals surface area (Å²) in [4.78, 5) is 12.3. The van der Waals surface area contributed by atoms with Crippen LogP contribution in [0.5, 0.6) is 0 Å². The van der Waals surface area contributed by atoms with E-state index in [4.69, 9.17) is 4.74 Å². The lowest BCUT2D eigenvalue weighted by Crippen LogP contribution is -2.40. The molecule has 0 aromatic heterocycles. The fourth-order valence-corrected chi connectivity index (χ4v) is 2.13. The minimum atomic E-state index is -0.650. The Morgan fingerprint density at radius 2 is 1.59 bits per heavy atom. The van der Waals surface area contributed by atoms with Crippen LogP contribution in [0, 0.1) is 17.3 Å². The van der Waals surface area contributed by atoms with Gasteiger partial charge in [0.15, 0.2) is 5.78 Å². The molecule has 0 radical (unpaired) electrons. The minimum absolute atomic E-state index is 0.0274. The highest BCUT2D eigenvalue weighted by molar-refractivity contribution is 5.87. The summed E-state index contributed by atoms with van der Waals surface area (Å²) in [6, 6.07) is 0. The predicted octanol–water partition coefficient (Wildman–Crippen LogP) is 4.08. The Bertz CT molecular complexity index is 252. The van der Waals surface area contributed by atoms with Crippen LogP contribution >= 0.6 is 0 Å². The van der Waals surface area contributed by atoms with Crippen molar-refractivity contribution in [3.8, 4) is 0 Å². The van der Waals surface area contributed by atoms with E-state index < -0.39 is 5.60 Å². The van der Waals surface area contributed by atoms with Gasteiger partial charge in [-0.25, -0.2) is 0 Å². The Morgan fingerprint density at radius 3 is 1.94 bits per heavy atom. The van der Waals surface area contributed by atoms with Gasteiger partial charge in [0.25, 0.3) is 0 Å². The fraction of sp³-hybridized carbons (Fsp3) is 0.933. The molecular weight excluding hydrogens is 212 g/mol. The first-order valence-electron chi connectivity index (χ1n) is 6.72. The molecule has 0 N–H and O–H groups in total. The van der Waals surface area contributed by atoms with E-state index in [0.717, 1.165) is 0 Å². The Hall–Kier alpha value is -0.370. The third kappa shape index (κ3) is 4.79. The topological polar surface area (TPSA) is 26.3 Å². The van der Waals surface area contributed by atoms with Crippen LogP contribution in [0.4, 0.5) is 0 Å². The lowest BCUT2D eigenvalue weighted by molar-refractivity contribution is -0.142. The van der Waals surface area contributed by atoms with Gasteiger partial charge in [-0.2, -0.15) is 0 Å². The molecular formula is C15H30O2. The summed E-state index contributed by atoms with van der Waals surface area (Å²) in [6.45, 7) is 17.3. The molecule has 2 nitrogen and oxygen atoms in total. The highest BCUT2D eigenvalue weighted by atomic mass is 16.5. The molecule has 0 heterocycles. The summed E-state index contributed by atoms with van der Waals surface area (Å²) in [5, 5.41) is 0. The number of rotatable bonds is 7. The molecule has 102 valence electrons. The molecule has 0 saturated carbocycles. The normalized spacial score (nSPS) is 15.1. The maximum atomic E-state index is 12.3. The van der Waals surface area contributed by atoms with Gasteiger partial charge in [-0.15, -0.1) is 0 Å². The first-order valence-corrected chi connectivity index (χ1v) is 6.72. The van der Waals surface area contributed by atoms with Crippen molar-refractivity contribution < 1.29 is 9.53 Å². The summed E-state index contributed by atoms with van der Waals surface area (Å²) in [7, 11) is 0. The van der Waals surface area contributed by atoms with E-state index in [1.807, 2.05) is 20.8 Å². The van der Waals surface area contributed by atoms with Gasteiger partial charge in [0.1, 0.15) is 5.60 Å². The molecule has 17 heavy (non-hydrogen) atoms. The van der Waals surface area contributed by atoms with E-state index in [1.165, 1.54) is 0 Å². The van der Waals surface area contributed by atoms with E-state index in [1.54, 1.807) is 0 Å². The molecule has 0 aliphatic carbocycles. The summed E-state index contributed by atoms with van der Waals surface area (Å²) < 4.78 is 5.53. The minimum Gasteiger partial charge on any atom is -0.368 e. The van der Waals surface area contributed by atoms with Crippen molar-refractivity contribution >= 4 is 5.78 Å². The average Bonchev–Trinajstić information content (AvgIpc) is 2.15. The molecule has 0 rings (SSSR count). The van der Waals surface area contributed by atoms with Crippen LogP contribution in [-0.2, 0) is 9.53 Å². The van der Waals surface area contributed by atoms with Gasteiger partial charge in [-0.05, 0) is 38.0 Å². The highest BCUT2D eigenvalue weighted by Gasteiger charge is 2.36. The van der Waals surface area contributed by atoms with Gasteiger partial charge in [-0.1, -0.05) is 34.6 Å². The van der Waals surface area contributed by atoms with Gasteiger partial charge >= 0.3 is 0 Å². The molecule has 0 spiro atoms. The van der Waals surface area contributed by atoms with Crippen molar-refractivity contribution in [2.24, 2.45) is 17.3 Å². The van der Waals surface area contributed by atoms with Crippen molar-refractivity contribution in [2.45, 2.75) is 67.4 Å². The van der Waals surface area contributed by atoms with Crippen LogP contribution in [0.25, 0.3) is 0 Å². The van der Waals surface area contributed by atoms with E-state index >= 15 is 0 Å². The SMILES string of the molecule is CCOC(C)(C)C(=O)CC(C)(C)C(C)C(C)C. The molecule has 0 aliphatic rings. The van der Waals surface area contributed by atoms with Crippen LogP contribution in [-0.4, -0.2) is 18.0 Å². The van der Waals surface area contributed by atoms with Gasteiger partial charge in [-0.3, -0.25) is 4.79 Å². The Kier molecular flexibility index (Phi) is 5.86. The second-order valence-corrected chi connectivity index (χ2v) is 6.56. The maximum Gasteiger partial charge on any atom is 0.164 e. The van der Waals surface area contributed by atoms with Gasteiger partial charge < -0.3 is 4.74 Å². The van der Waals surface area contributed by atoms with Gasteiger partial charge in [0, 0.05) is 13.0 Å². The van der Waals surface area contributed by atoms with Crippen LogP contribution in [0.3, 0.4) is 0 Å². The number of hydrogen-bond donors (Lipinski definition) is 0. The molecule has 0 bridgehead atoms. The monoisotopic (exact) mass is 242 g/mol. The summed E-state index contributed by atoms with van der Waals surface area (Å²) >= 11 is 0. The molecule has 0 aromatic rings. The van der Waals surface area contributed by atoms with E-state index in [2.05, 4.69) is 34.6 Å². The number of ketones is 1. The van der Waals surface area contributed by atoms with Crippen LogP contribution in [0.15, 0.2) is 0 Å². The first kappa shape index (κ1) is 16.6. The number of carbonyl (C=O) groups excluding carboxylic acids is 1. The second-order valence-electron chi connectivity index (χ2n) is 6.56. The maximum absolute atomic E-state index is 12.3. The highest BCUT2D eigenvalue weighted by Crippen LogP contribution is 2.37. The molecule has 0 fully saturated rings. The lowest BCUT2D eigenvalue weighted by Gasteiger charge is -2.36. The number of hydrogen-bond acceptors (Lipinski definition) is 2. The fourth-order valence-electron chi connectivity index (χ4n) is 2.13. The van der Waals surface area contributed by atoms with Crippen LogP contribution in [0.1, 0.15) is 61.8 Å². The molecule has 0 amide bonds.